The molecular weight excluding hydrogens is 374 g/mol. The number of amides is 2. The van der Waals surface area contributed by atoms with E-state index in [4.69, 9.17) is 4.42 Å². The zero-order valence-corrected chi connectivity index (χ0v) is 15.9. The highest BCUT2D eigenvalue weighted by molar-refractivity contribution is 7.99. The first-order chi connectivity index (χ1) is 13.7. The van der Waals surface area contributed by atoms with Crippen molar-refractivity contribution in [2.45, 2.75) is 29.3 Å². The number of nitrogens with zero attached hydrogens (tertiary/aromatic N) is 2. The minimum Gasteiger partial charge on any atom is -0.467 e. The second-order valence-corrected chi connectivity index (χ2v) is 7.37. The SMILES string of the molecule is O=C(CCCN1C(=O)c2cccnc2Sc2ccccc21)NCc1ccco1. The first kappa shape index (κ1) is 18.3. The number of hydrogen-bond donors (Lipinski definition) is 1. The molecule has 1 N–H and O–H groups in total. The molecule has 28 heavy (non-hydrogen) atoms. The Morgan fingerprint density at radius 1 is 1.14 bits per heavy atom. The lowest BCUT2D eigenvalue weighted by Gasteiger charge is -2.22. The second-order valence-electron chi connectivity index (χ2n) is 6.34. The van der Waals surface area contributed by atoms with Crippen molar-refractivity contribution < 1.29 is 14.0 Å². The summed E-state index contributed by atoms with van der Waals surface area (Å²) in [5.74, 6) is 0.561. The van der Waals surface area contributed by atoms with Crippen LogP contribution in [0.1, 0.15) is 29.0 Å². The lowest BCUT2D eigenvalue weighted by atomic mass is 10.2. The van der Waals surface area contributed by atoms with Gasteiger partial charge in [0.1, 0.15) is 10.8 Å². The third-order valence-corrected chi connectivity index (χ3v) is 5.52. The van der Waals surface area contributed by atoms with E-state index in [9.17, 15) is 9.59 Å². The number of benzene rings is 1. The standard InChI is InChI=1S/C21H19N3O3S/c25-19(23-14-15-6-5-13-27-15)10-4-12-24-17-8-1-2-9-18(17)28-20-16(21(24)26)7-3-11-22-20/h1-3,5-9,11,13H,4,10,12,14H2,(H,23,25). The van der Waals surface area contributed by atoms with Gasteiger partial charge in [0, 0.05) is 24.1 Å². The summed E-state index contributed by atoms with van der Waals surface area (Å²) in [7, 11) is 0. The molecule has 0 bridgehead atoms. The molecule has 6 nitrogen and oxygen atoms in total. The van der Waals surface area contributed by atoms with Crippen molar-refractivity contribution >= 4 is 29.3 Å². The van der Waals surface area contributed by atoms with E-state index in [1.165, 1.54) is 11.8 Å². The summed E-state index contributed by atoms with van der Waals surface area (Å²) in [4.78, 5) is 32.3. The Hall–Kier alpha value is -3.06. The summed E-state index contributed by atoms with van der Waals surface area (Å²) in [5, 5.41) is 3.54. The zero-order valence-electron chi connectivity index (χ0n) is 15.1. The molecule has 1 aliphatic heterocycles. The van der Waals surface area contributed by atoms with Crippen molar-refractivity contribution in [2.75, 3.05) is 11.4 Å². The molecule has 0 fully saturated rings. The van der Waals surface area contributed by atoms with Crippen LogP contribution < -0.4 is 10.2 Å². The van der Waals surface area contributed by atoms with Crippen molar-refractivity contribution in [3.63, 3.8) is 0 Å². The van der Waals surface area contributed by atoms with E-state index in [0.29, 0.717) is 42.3 Å². The number of aromatic nitrogens is 1. The van der Waals surface area contributed by atoms with Gasteiger partial charge in [-0.25, -0.2) is 4.98 Å². The fourth-order valence-corrected chi connectivity index (χ4v) is 4.08. The number of para-hydroxylation sites is 1. The normalized spacial score (nSPS) is 12.9. The molecule has 3 aromatic rings. The Labute approximate surface area is 166 Å². The van der Waals surface area contributed by atoms with Gasteiger partial charge in [0.05, 0.1) is 24.1 Å². The van der Waals surface area contributed by atoms with Gasteiger partial charge < -0.3 is 14.6 Å². The van der Waals surface area contributed by atoms with Gasteiger partial charge in [-0.2, -0.15) is 0 Å². The molecule has 0 spiro atoms. The van der Waals surface area contributed by atoms with Crippen LogP contribution in [0.5, 0.6) is 0 Å². The minimum absolute atomic E-state index is 0.0663. The van der Waals surface area contributed by atoms with Crippen LogP contribution >= 0.6 is 11.8 Å². The average molecular weight is 393 g/mol. The average Bonchev–Trinajstić information content (AvgIpc) is 3.20. The number of nitrogens with one attached hydrogen (secondary N) is 1. The van der Waals surface area contributed by atoms with Gasteiger partial charge in [-0.15, -0.1) is 0 Å². The number of hydrogen-bond acceptors (Lipinski definition) is 5. The van der Waals surface area contributed by atoms with Crippen molar-refractivity contribution in [3.8, 4) is 0 Å². The lowest BCUT2D eigenvalue weighted by molar-refractivity contribution is -0.121. The molecule has 0 unspecified atom stereocenters. The number of pyridine rings is 1. The molecule has 0 aliphatic carbocycles. The largest absolute Gasteiger partial charge is 0.467 e. The highest BCUT2D eigenvalue weighted by Gasteiger charge is 2.27. The molecule has 0 atom stereocenters. The first-order valence-corrected chi connectivity index (χ1v) is 9.87. The summed E-state index contributed by atoms with van der Waals surface area (Å²) < 4.78 is 5.21. The van der Waals surface area contributed by atoms with Gasteiger partial charge in [-0.1, -0.05) is 23.9 Å². The van der Waals surface area contributed by atoms with Crippen LogP contribution in [0.2, 0.25) is 0 Å². The van der Waals surface area contributed by atoms with Crippen molar-refractivity contribution in [1.29, 1.82) is 0 Å². The van der Waals surface area contributed by atoms with Gasteiger partial charge in [0.15, 0.2) is 0 Å². The fourth-order valence-electron chi connectivity index (χ4n) is 3.07. The summed E-state index contributed by atoms with van der Waals surface area (Å²) in [6, 6.07) is 15.0. The molecular formula is C21H19N3O3S. The third-order valence-electron chi connectivity index (χ3n) is 4.43. The van der Waals surface area contributed by atoms with Crippen LogP contribution in [0.4, 0.5) is 5.69 Å². The maximum Gasteiger partial charge on any atom is 0.261 e. The van der Waals surface area contributed by atoms with Gasteiger partial charge in [-0.05, 0) is 42.8 Å². The molecule has 1 aliphatic rings. The van der Waals surface area contributed by atoms with E-state index < -0.39 is 0 Å². The lowest BCUT2D eigenvalue weighted by Crippen LogP contribution is -2.33. The van der Waals surface area contributed by atoms with E-state index in [0.717, 1.165) is 10.6 Å². The Bertz CT molecular complexity index is 988. The predicted molar refractivity (Wildman–Crippen MR) is 106 cm³/mol. The fraction of sp³-hybridized carbons (Fsp3) is 0.190. The molecule has 0 saturated carbocycles. The van der Waals surface area contributed by atoms with E-state index in [1.54, 1.807) is 35.6 Å². The van der Waals surface area contributed by atoms with Gasteiger partial charge in [-0.3, -0.25) is 9.59 Å². The van der Waals surface area contributed by atoms with Crippen LogP contribution in [-0.4, -0.2) is 23.3 Å². The number of carbonyl (C=O) groups is 2. The van der Waals surface area contributed by atoms with E-state index in [1.807, 2.05) is 30.3 Å². The number of carbonyl (C=O) groups excluding carboxylic acids is 2. The summed E-state index contributed by atoms with van der Waals surface area (Å²) in [5.41, 5.74) is 1.44. The topological polar surface area (TPSA) is 75.4 Å². The first-order valence-electron chi connectivity index (χ1n) is 9.05. The van der Waals surface area contributed by atoms with Crippen molar-refractivity contribution in [2.24, 2.45) is 0 Å². The Balaban J connectivity index is 1.44. The molecule has 3 heterocycles. The third kappa shape index (κ3) is 3.94. The maximum atomic E-state index is 13.1. The Morgan fingerprint density at radius 3 is 2.89 bits per heavy atom. The second kappa shape index (κ2) is 8.31. The number of furan rings is 1. The number of fused-ring (bicyclic) bond motifs is 2. The van der Waals surface area contributed by atoms with Crippen LogP contribution in [0, 0.1) is 0 Å². The Kier molecular flexibility index (Phi) is 5.43. The van der Waals surface area contributed by atoms with Gasteiger partial charge in [0.2, 0.25) is 5.91 Å². The molecule has 142 valence electrons. The highest BCUT2D eigenvalue weighted by atomic mass is 32.2. The summed E-state index contributed by atoms with van der Waals surface area (Å²) in [6.45, 7) is 0.825. The van der Waals surface area contributed by atoms with E-state index in [2.05, 4.69) is 10.3 Å². The molecule has 0 saturated heterocycles. The smallest absolute Gasteiger partial charge is 0.261 e. The van der Waals surface area contributed by atoms with Gasteiger partial charge in [0.25, 0.3) is 5.91 Å². The van der Waals surface area contributed by atoms with Crippen LogP contribution in [0.15, 0.2) is 75.3 Å². The van der Waals surface area contributed by atoms with E-state index in [-0.39, 0.29) is 11.8 Å². The summed E-state index contributed by atoms with van der Waals surface area (Å²) in [6.07, 6.45) is 4.17. The van der Waals surface area contributed by atoms with E-state index >= 15 is 0 Å². The Morgan fingerprint density at radius 2 is 2.04 bits per heavy atom. The molecule has 4 rings (SSSR count). The molecule has 0 radical (unpaired) electrons. The van der Waals surface area contributed by atoms with Crippen molar-refractivity contribution in [3.05, 3.63) is 72.3 Å². The predicted octanol–water partition coefficient (Wildman–Crippen LogP) is 3.88. The van der Waals surface area contributed by atoms with Crippen molar-refractivity contribution in [1.82, 2.24) is 10.3 Å². The zero-order chi connectivity index (χ0) is 19.3. The molecule has 2 aromatic heterocycles. The number of anilines is 1. The minimum atomic E-state index is -0.0865. The molecule has 2 amide bonds. The molecule has 1 aromatic carbocycles. The van der Waals surface area contributed by atoms with Crippen LogP contribution in [-0.2, 0) is 11.3 Å². The highest BCUT2D eigenvalue weighted by Crippen LogP contribution is 2.40. The monoisotopic (exact) mass is 393 g/mol. The summed E-state index contributed by atoms with van der Waals surface area (Å²) >= 11 is 1.49. The van der Waals surface area contributed by atoms with Crippen LogP contribution in [0.25, 0.3) is 0 Å². The van der Waals surface area contributed by atoms with Crippen LogP contribution in [0.3, 0.4) is 0 Å². The quantitative estimate of drug-likeness (QED) is 0.688. The van der Waals surface area contributed by atoms with Gasteiger partial charge >= 0.3 is 0 Å². The molecule has 7 heteroatoms. The number of rotatable bonds is 6. The maximum absolute atomic E-state index is 13.1.